The van der Waals surface area contributed by atoms with E-state index in [0.29, 0.717) is 0 Å². The van der Waals surface area contributed by atoms with Crippen molar-refractivity contribution in [2.45, 2.75) is 10.9 Å². The molecule has 142 valence electrons. The molecule has 28 heavy (non-hydrogen) atoms. The minimum atomic E-state index is 0.727. The highest BCUT2D eigenvalue weighted by molar-refractivity contribution is 7.98. The summed E-state index contributed by atoms with van der Waals surface area (Å²) in [6, 6.07) is 17.9. The lowest BCUT2D eigenvalue weighted by Crippen LogP contribution is -1.97. The minimum absolute atomic E-state index is 0.727. The van der Waals surface area contributed by atoms with Crippen molar-refractivity contribution in [1.82, 2.24) is 19.7 Å². The number of methoxy groups -OCH3 is 1. The summed E-state index contributed by atoms with van der Waals surface area (Å²) in [5.74, 6) is 2.29. The third-order valence-corrected chi connectivity index (χ3v) is 5.97. The van der Waals surface area contributed by atoms with Crippen molar-refractivity contribution < 1.29 is 4.74 Å². The molecular weight excluding hydrogens is 390 g/mol. The molecule has 0 spiro atoms. The lowest BCUT2D eigenvalue weighted by Gasteiger charge is -2.07. The molecule has 2 aromatic heterocycles. The SMILES string of the molecule is COc1ccccc1-c1nnc(SCc2csc(Nc3ccccc3)n2)n1C. The summed E-state index contributed by atoms with van der Waals surface area (Å²) in [6.45, 7) is 0. The first-order valence-corrected chi connectivity index (χ1v) is 10.5. The molecule has 0 atom stereocenters. The molecule has 8 heteroatoms. The summed E-state index contributed by atoms with van der Waals surface area (Å²) in [4.78, 5) is 4.65. The van der Waals surface area contributed by atoms with E-state index in [9.17, 15) is 0 Å². The summed E-state index contributed by atoms with van der Waals surface area (Å²) in [6.07, 6.45) is 0. The first-order chi connectivity index (χ1) is 13.7. The molecule has 6 nitrogen and oxygen atoms in total. The number of anilines is 2. The fraction of sp³-hybridized carbons (Fsp3) is 0.150. The summed E-state index contributed by atoms with van der Waals surface area (Å²) in [5, 5.41) is 15.8. The lowest BCUT2D eigenvalue weighted by molar-refractivity contribution is 0.416. The van der Waals surface area contributed by atoms with Crippen LogP contribution in [0.4, 0.5) is 10.8 Å². The van der Waals surface area contributed by atoms with Crippen molar-refractivity contribution >= 4 is 33.9 Å². The second kappa shape index (κ2) is 8.45. The van der Waals surface area contributed by atoms with Gasteiger partial charge in [-0.3, -0.25) is 0 Å². The van der Waals surface area contributed by atoms with E-state index in [1.807, 2.05) is 66.2 Å². The molecule has 0 aliphatic heterocycles. The zero-order valence-corrected chi connectivity index (χ0v) is 17.1. The number of ether oxygens (including phenoxy) is 1. The van der Waals surface area contributed by atoms with Gasteiger partial charge in [-0.15, -0.1) is 21.5 Å². The number of nitrogens with zero attached hydrogens (tertiary/aromatic N) is 4. The highest BCUT2D eigenvalue weighted by Crippen LogP contribution is 2.31. The van der Waals surface area contributed by atoms with Gasteiger partial charge in [-0.05, 0) is 24.3 Å². The van der Waals surface area contributed by atoms with E-state index in [4.69, 9.17) is 4.74 Å². The maximum atomic E-state index is 5.44. The van der Waals surface area contributed by atoms with Crippen LogP contribution in [-0.2, 0) is 12.8 Å². The van der Waals surface area contributed by atoms with Crippen LogP contribution in [0.2, 0.25) is 0 Å². The number of para-hydroxylation sites is 2. The molecule has 0 aliphatic carbocycles. The van der Waals surface area contributed by atoms with Crippen LogP contribution in [0.5, 0.6) is 5.75 Å². The Kier molecular flexibility index (Phi) is 5.59. The van der Waals surface area contributed by atoms with Gasteiger partial charge in [-0.1, -0.05) is 42.1 Å². The van der Waals surface area contributed by atoms with E-state index < -0.39 is 0 Å². The van der Waals surface area contributed by atoms with Crippen LogP contribution in [0.1, 0.15) is 5.69 Å². The number of rotatable bonds is 7. The van der Waals surface area contributed by atoms with E-state index in [0.717, 1.165) is 44.6 Å². The normalized spacial score (nSPS) is 10.8. The number of benzene rings is 2. The molecule has 0 radical (unpaired) electrons. The quantitative estimate of drug-likeness (QED) is 0.434. The highest BCUT2D eigenvalue weighted by atomic mass is 32.2. The van der Waals surface area contributed by atoms with Crippen LogP contribution >= 0.6 is 23.1 Å². The zero-order valence-electron chi connectivity index (χ0n) is 15.5. The van der Waals surface area contributed by atoms with E-state index >= 15 is 0 Å². The summed E-state index contributed by atoms with van der Waals surface area (Å²) >= 11 is 3.21. The van der Waals surface area contributed by atoms with Crippen molar-refractivity contribution in [2.24, 2.45) is 7.05 Å². The Bertz CT molecular complexity index is 1060. The van der Waals surface area contributed by atoms with Gasteiger partial charge in [0.15, 0.2) is 16.1 Å². The summed E-state index contributed by atoms with van der Waals surface area (Å²) in [7, 11) is 3.63. The third-order valence-electron chi connectivity index (χ3n) is 4.11. The monoisotopic (exact) mass is 409 g/mol. The third kappa shape index (κ3) is 4.02. The molecule has 4 aromatic rings. The average Bonchev–Trinajstić information content (AvgIpc) is 3.33. The minimum Gasteiger partial charge on any atom is -0.496 e. The summed E-state index contributed by atoms with van der Waals surface area (Å²) < 4.78 is 7.43. The topological polar surface area (TPSA) is 64.9 Å². The molecule has 0 unspecified atom stereocenters. The number of hydrogen-bond acceptors (Lipinski definition) is 7. The fourth-order valence-electron chi connectivity index (χ4n) is 2.72. The van der Waals surface area contributed by atoms with Crippen LogP contribution in [-0.4, -0.2) is 26.9 Å². The second-order valence-corrected chi connectivity index (χ2v) is 7.79. The molecule has 4 rings (SSSR count). The Morgan fingerprint density at radius 3 is 2.68 bits per heavy atom. The average molecular weight is 410 g/mol. The van der Waals surface area contributed by atoms with E-state index in [-0.39, 0.29) is 0 Å². The maximum Gasteiger partial charge on any atom is 0.191 e. The van der Waals surface area contributed by atoms with E-state index in [2.05, 4.69) is 25.9 Å². The molecule has 0 saturated heterocycles. The van der Waals surface area contributed by atoms with Crippen LogP contribution in [0, 0.1) is 0 Å². The van der Waals surface area contributed by atoms with Gasteiger partial charge in [0.2, 0.25) is 0 Å². The number of aromatic nitrogens is 4. The second-order valence-electron chi connectivity index (χ2n) is 5.99. The van der Waals surface area contributed by atoms with Crippen molar-refractivity contribution in [3.8, 4) is 17.1 Å². The molecule has 0 bridgehead atoms. The Balaban J connectivity index is 1.44. The molecule has 1 N–H and O–H groups in total. The standard InChI is InChI=1S/C20H19N5OS2/c1-25-18(16-10-6-7-11-17(16)26-2)23-24-20(25)28-13-15-12-27-19(22-15)21-14-8-4-3-5-9-14/h3-12H,13H2,1-2H3,(H,21,22). The molecule has 2 heterocycles. The Hall–Kier alpha value is -2.84. The Morgan fingerprint density at radius 2 is 1.86 bits per heavy atom. The number of thiazole rings is 1. The van der Waals surface area contributed by atoms with Gasteiger partial charge in [0.25, 0.3) is 0 Å². The van der Waals surface area contributed by atoms with Gasteiger partial charge >= 0.3 is 0 Å². The maximum absolute atomic E-state index is 5.44. The molecular formula is C20H19N5OS2. The predicted octanol–water partition coefficient (Wildman–Crippen LogP) is 4.98. The molecule has 0 fully saturated rings. The van der Waals surface area contributed by atoms with Gasteiger partial charge < -0.3 is 14.6 Å². The number of nitrogens with one attached hydrogen (secondary N) is 1. The molecule has 2 aromatic carbocycles. The van der Waals surface area contributed by atoms with E-state index in [1.165, 1.54) is 0 Å². The van der Waals surface area contributed by atoms with Crippen molar-refractivity contribution in [2.75, 3.05) is 12.4 Å². The molecule has 0 saturated carbocycles. The molecule has 0 amide bonds. The van der Waals surface area contributed by atoms with Gasteiger partial charge in [0.1, 0.15) is 5.75 Å². The molecule has 0 aliphatic rings. The van der Waals surface area contributed by atoms with E-state index in [1.54, 1.807) is 30.2 Å². The van der Waals surface area contributed by atoms with Crippen LogP contribution < -0.4 is 10.1 Å². The Labute approximate surface area is 171 Å². The smallest absolute Gasteiger partial charge is 0.191 e. The van der Waals surface area contributed by atoms with Crippen molar-refractivity contribution in [1.29, 1.82) is 0 Å². The number of hydrogen-bond donors (Lipinski definition) is 1. The van der Waals surface area contributed by atoms with Gasteiger partial charge in [-0.2, -0.15) is 0 Å². The largest absolute Gasteiger partial charge is 0.496 e. The first kappa shape index (κ1) is 18.5. The Morgan fingerprint density at radius 1 is 1.07 bits per heavy atom. The van der Waals surface area contributed by atoms with Gasteiger partial charge in [0.05, 0.1) is 18.4 Å². The van der Waals surface area contributed by atoms with Crippen LogP contribution in [0.3, 0.4) is 0 Å². The lowest BCUT2D eigenvalue weighted by atomic mass is 10.2. The summed E-state index contributed by atoms with van der Waals surface area (Å²) in [5.41, 5.74) is 2.97. The predicted molar refractivity (Wildman–Crippen MR) is 114 cm³/mol. The highest BCUT2D eigenvalue weighted by Gasteiger charge is 2.15. The van der Waals surface area contributed by atoms with Crippen molar-refractivity contribution in [3.05, 3.63) is 65.7 Å². The van der Waals surface area contributed by atoms with Gasteiger partial charge in [-0.25, -0.2) is 4.98 Å². The van der Waals surface area contributed by atoms with Crippen LogP contribution in [0.25, 0.3) is 11.4 Å². The first-order valence-electron chi connectivity index (χ1n) is 8.66. The number of thioether (sulfide) groups is 1. The zero-order chi connectivity index (χ0) is 19.3. The van der Waals surface area contributed by atoms with Gasteiger partial charge in [0, 0.05) is 23.9 Å². The van der Waals surface area contributed by atoms with Crippen LogP contribution in [0.15, 0.2) is 65.1 Å². The van der Waals surface area contributed by atoms with Crippen molar-refractivity contribution in [3.63, 3.8) is 0 Å². The fourth-order valence-corrected chi connectivity index (χ4v) is 4.36.